The molecule has 119 valence electrons. The molecule has 0 saturated heterocycles. The van der Waals surface area contributed by atoms with E-state index < -0.39 is 0 Å². The Morgan fingerprint density at radius 3 is 2.41 bits per heavy atom. The second-order valence-corrected chi connectivity index (χ2v) is 6.37. The number of rotatable bonds is 5. The molecule has 0 unspecified atom stereocenters. The predicted molar refractivity (Wildman–Crippen MR) is 79.8 cm³/mol. The topological polar surface area (TPSA) is 12.5 Å². The van der Waals surface area contributed by atoms with Crippen molar-refractivity contribution in [2.24, 2.45) is 0 Å². The van der Waals surface area contributed by atoms with E-state index >= 15 is 0 Å². The van der Waals surface area contributed by atoms with E-state index in [0.29, 0.717) is 0 Å². The summed E-state index contributed by atoms with van der Waals surface area (Å²) in [6.07, 6.45) is 5.66. The number of likely N-dealkylation sites (N-methyl/N-ethyl adjacent to an activating group) is 1. The van der Waals surface area contributed by atoms with E-state index in [1.165, 1.54) is 22.3 Å². The van der Waals surface area contributed by atoms with Gasteiger partial charge in [-0.1, -0.05) is 0 Å². The van der Waals surface area contributed by atoms with Crippen molar-refractivity contribution in [2.45, 2.75) is 25.9 Å². The minimum atomic E-state index is -0.262. The Bertz CT molecular complexity index is 553. The molecule has 1 aliphatic carbocycles. The minimum Gasteiger partial charge on any atom is -1.00 e. The quantitative estimate of drug-likeness (QED) is 0.537. The van der Waals surface area contributed by atoms with Crippen LogP contribution in [-0.2, 0) is 29.7 Å². The van der Waals surface area contributed by atoms with Crippen LogP contribution < -0.4 is 24.8 Å². The molecule has 0 bridgehead atoms. The van der Waals surface area contributed by atoms with Crippen molar-refractivity contribution in [2.75, 3.05) is 20.6 Å². The van der Waals surface area contributed by atoms with Crippen molar-refractivity contribution >= 4 is 5.57 Å². The van der Waals surface area contributed by atoms with Crippen LogP contribution in [0.1, 0.15) is 31.4 Å². The summed E-state index contributed by atoms with van der Waals surface area (Å²) in [5.41, 5.74) is 5.09. The van der Waals surface area contributed by atoms with Crippen LogP contribution in [0.4, 0.5) is 0 Å². The summed E-state index contributed by atoms with van der Waals surface area (Å²) in [6, 6.07) is 8.57. The van der Waals surface area contributed by atoms with Gasteiger partial charge in [-0.05, 0) is 0 Å². The Kier molecular flexibility index (Phi) is 9.23. The molecule has 2 nitrogen and oxygen atoms in total. The van der Waals surface area contributed by atoms with Gasteiger partial charge in [0, 0.05) is 0 Å². The molecule has 0 saturated carbocycles. The van der Waals surface area contributed by atoms with Crippen LogP contribution in [0.25, 0.3) is 5.57 Å². The molecule has 0 aromatic heterocycles. The molecule has 2 rings (SSSR count). The van der Waals surface area contributed by atoms with Gasteiger partial charge in [0.25, 0.3) is 0 Å². The first-order valence-corrected chi connectivity index (χ1v) is 7.57. The summed E-state index contributed by atoms with van der Waals surface area (Å²) in [6.45, 7) is 5.24. The van der Waals surface area contributed by atoms with Crippen LogP contribution in [0, 0.1) is 0 Å². The SMILES string of the molecule is CN(C)CC1=CCC(c2ccccc2C(C)(C)[O][Ti+2])=C1.[Cl-].[Cl-]. The Labute approximate surface area is 158 Å². The molecular weight excluding hydrogens is 353 g/mol. The van der Waals surface area contributed by atoms with E-state index in [-0.39, 0.29) is 30.4 Å². The van der Waals surface area contributed by atoms with Crippen molar-refractivity contribution < 1.29 is 49.0 Å². The third kappa shape index (κ3) is 5.23. The van der Waals surface area contributed by atoms with Gasteiger partial charge in [0.05, 0.1) is 0 Å². The van der Waals surface area contributed by atoms with Crippen LogP contribution >= 0.6 is 0 Å². The van der Waals surface area contributed by atoms with Gasteiger partial charge in [-0.2, -0.15) is 0 Å². The smallest absolute Gasteiger partial charge is 1.00 e. The fourth-order valence-electron chi connectivity index (χ4n) is 2.59. The summed E-state index contributed by atoms with van der Waals surface area (Å²) >= 11 is 1.77. The van der Waals surface area contributed by atoms with Gasteiger partial charge in [0.1, 0.15) is 0 Å². The van der Waals surface area contributed by atoms with Crippen LogP contribution in [0.5, 0.6) is 0 Å². The van der Waals surface area contributed by atoms with Gasteiger partial charge in [-0.3, -0.25) is 0 Å². The fraction of sp³-hybridized carbons (Fsp3) is 0.412. The third-order valence-corrected chi connectivity index (χ3v) is 4.42. The van der Waals surface area contributed by atoms with Gasteiger partial charge in [-0.25, -0.2) is 0 Å². The zero-order chi connectivity index (χ0) is 14.8. The molecule has 0 fully saturated rings. The maximum atomic E-state index is 5.66. The first-order chi connectivity index (χ1) is 9.44. The first kappa shape index (κ1) is 21.9. The van der Waals surface area contributed by atoms with Crippen molar-refractivity contribution in [1.82, 2.24) is 4.90 Å². The fourth-order valence-corrected chi connectivity index (χ4v) is 2.76. The summed E-state index contributed by atoms with van der Waals surface area (Å²) in [5.74, 6) is 0. The van der Waals surface area contributed by atoms with Gasteiger partial charge in [0.2, 0.25) is 0 Å². The maximum Gasteiger partial charge on any atom is -1.00 e. The monoisotopic (exact) mass is 374 g/mol. The number of nitrogens with zero attached hydrogens (tertiary/aromatic N) is 1. The molecule has 1 aromatic carbocycles. The molecule has 1 aliphatic rings. The molecule has 0 amide bonds. The normalized spacial score (nSPS) is 14.1. The van der Waals surface area contributed by atoms with Gasteiger partial charge >= 0.3 is 134 Å². The van der Waals surface area contributed by atoms with Crippen molar-refractivity contribution in [3.05, 3.63) is 53.1 Å². The van der Waals surface area contributed by atoms with Gasteiger partial charge in [-0.15, -0.1) is 0 Å². The van der Waals surface area contributed by atoms with Gasteiger partial charge in [0.15, 0.2) is 0 Å². The summed E-state index contributed by atoms with van der Waals surface area (Å²) in [7, 11) is 4.21. The number of benzene rings is 1. The van der Waals surface area contributed by atoms with E-state index in [1.54, 1.807) is 20.8 Å². The first-order valence-electron chi connectivity index (χ1n) is 6.93. The van der Waals surface area contributed by atoms with Crippen LogP contribution in [-0.4, -0.2) is 25.5 Å². The Balaban J connectivity index is 0.00000220. The van der Waals surface area contributed by atoms with E-state index in [0.717, 1.165) is 13.0 Å². The van der Waals surface area contributed by atoms with E-state index in [2.05, 4.69) is 69.3 Å². The van der Waals surface area contributed by atoms with Crippen LogP contribution in [0.3, 0.4) is 0 Å². The van der Waals surface area contributed by atoms with E-state index in [9.17, 15) is 0 Å². The standard InChI is InChI=1S/C17H22NO.2ClH.Ti/c1-17(2,19)16-8-6-5-7-15(16)14-10-9-13(11-14)12-18(3)4;;;/h5-9,11H,10,12H2,1-4H3;2*1H;/q-1;;;+3/p-2. The second kappa shape index (κ2) is 9.27. The number of hydrogen-bond acceptors (Lipinski definition) is 2. The molecule has 22 heavy (non-hydrogen) atoms. The summed E-state index contributed by atoms with van der Waals surface area (Å²) < 4.78 is 5.66. The Morgan fingerprint density at radius 1 is 1.18 bits per heavy atom. The van der Waals surface area contributed by atoms with E-state index in [4.69, 9.17) is 3.32 Å². The zero-order valence-electron chi connectivity index (χ0n) is 13.5. The molecule has 0 radical (unpaired) electrons. The molecule has 0 aliphatic heterocycles. The Hall–Kier alpha value is -0.0857. The maximum absolute atomic E-state index is 5.66. The predicted octanol–water partition coefficient (Wildman–Crippen LogP) is -2.32. The number of allylic oxidation sites excluding steroid dienone is 2. The largest absolute Gasteiger partial charge is 1.00 e. The molecule has 0 heterocycles. The van der Waals surface area contributed by atoms with Crippen LogP contribution in [0.15, 0.2) is 42.0 Å². The minimum absolute atomic E-state index is 0. The van der Waals surface area contributed by atoms with Crippen molar-refractivity contribution in [3.8, 4) is 0 Å². The number of halogens is 2. The Morgan fingerprint density at radius 2 is 1.82 bits per heavy atom. The zero-order valence-corrected chi connectivity index (χ0v) is 16.6. The molecular formula is C17H22Cl2NOTi. The van der Waals surface area contributed by atoms with E-state index in [1.807, 2.05) is 0 Å². The van der Waals surface area contributed by atoms with Gasteiger partial charge < -0.3 is 24.8 Å². The second-order valence-electron chi connectivity index (χ2n) is 6.05. The average molecular weight is 375 g/mol. The molecule has 0 N–H and O–H groups in total. The van der Waals surface area contributed by atoms with Crippen molar-refractivity contribution in [1.29, 1.82) is 0 Å². The summed E-state index contributed by atoms with van der Waals surface area (Å²) in [5, 5.41) is 0. The molecule has 0 spiro atoms. The number of hydrogen-bond donors (Lipinski definition) is 0. The molecule has 0 atom stereocenters. The van der Waals surface area contributed by atoms with Crippen molar-refractivity contribution in [3.63, 3.8) is 0 Å². The third-order valence-electron chi connectivity index (χ3n) is 3.62. The molecule has 1 aromatic rings. The summed E-state index contributed by atoms with van der Waals surface area (Å²) in [4.78, 5) is 2.20. The average Bonchev–Trinajstić information content (AvgIpc) is 2.86. The van der Waals surface area contributed by atoms with Crippen LogP contribution in [0.2, 0.25) is 0 Å². The molecule has 5 heteroatoms.